The van der Waals surface area contributed by atoms with E-state index in [0.29, 0.717) is 22.2 Å². The van der Waals surface area contributed by atoms with Gasteiger partial charge in [-0.1, -0.05) is 29.3 Å². The van der Waals surface area contributed by atoms with E-state index in [1.165, 1.54) is 0 Å². The van der Waals surface area contributed by atoms with E-state index in [9.17, 15) is 9.90 Å². The molecule has 0 saturated heterocycles. The second-order valence-corrected chi connectivity index (χ2v) is 5.10. The van der Waals surface area contributed by atoms with Crippen LogP contribution in [-0.2, 0) is 9.53 Å². The predicted octanol–water partition coefficient (Wildman–Crippen LogP) is 2.73. The van der Waals surface area contributed by atoms with Crippen LogP contribution < -0.4 is 5.32 Å². The van der Waals surface area contributed by atoms with Crippen molar-refractivity contribution in [3.8, 4) is 0 Å². The lowest BCUT2D eigenvalue weighted by Crippen LogP contribution is -2.37. The number of ether oxygens (including phenoxy) is 1. The molecule has 1 amide bonds. The molecule has 0 fully saturated rings. The summed E-state index contributed by atoms with van der Waals surface area (Å²) in [5, 5.41) is 13.4. The van der Waals surface area contributed by atoms with Crippen molar-refractivity contribution in [2.75, 3.05) is 13.2 Å². The highest BCUT2D eigenvalue weighted by Gasteiger charge is 2.15. The summed E-state index contributed by atoms with van der Waals surface area (Å²) < 4.78 is 5.18. The zero-order valence-electron chi connectivity index (χ0n) is 11.1. The van der Waals surface area contributed by atoms with Crippen LogP contribution >= 0.6 is 23.2 Å². The molecule has 0 spiro atoms. The number of halogens is 2. The predicted molar refractivity (Wildman–Crippen MR) is 80.0 cm³/mol. The van der Waals surface area contributed by atoms with Crippen LogP contribution in [0.3, 0.4) is 0 Å². The number of carbonyl (C=O) groups is 1. The summed E-state index contributed by atoms with van der Waals surface area (Å²) in [6.07, 6.45) is 0.0666. The molecule has 0 aliphatic heterocycles. The van der Waals surface area contributed by atoms with Crippen molar-refractivity contribution in [1.29, 1.82) is 0 Å². The molecule has 1 aromatic rings. The van der Waals surface area contributed by atoms with Gasteiger partial charge in [0, 0.05) is 16.6 Å². The van der Waals surface area contributed by atoms with E-state index < -0.39 is 12.2 Å². The van der Waals surface area contributed by atoms with E-state index in [1.807, 2.05) is 0 Å². The highest BCUT2D eigenvalue weighted by atomic mass is 35.5. The molecule has 2 atom stereocenters. The molecule has 0 aromatic heterocycles. The maximum absolute atomic E-state index is 11.7. The molecule has 0 bridgehead atoms. The molecule has 6 heteroatoms. The molecule has 0 unspecified atom stereocenters. The summed E-state index contributed by atoms with van der Waals surface area (Å²) in [6, 6.07) is 4.77. The first-order valence-electron chi connectivity index (χ1n) is 6.08. The van der Waals surface area contributed by atoms with Crippen molar-refractivity contribution < 1.29 is 14.6 Å². The number of carbonyl (C=O) groups excluding carboxylic acids is 1. The van der Waals surface area contributed by atoms with E-state index in [1.54, 1.807) is 31.2 Å². The van der Waals surface area contributed by atoms with Crippen molar-refractivity contribution in [1.82, 2.24) is 5.32 Å². The van der Waals surface area contributed by atoms with Gasteiger partial charge in [0.15, 0.2) is 0 Å². The second kappa shape index (κ2) is 8.27. The Hall–Kier alpha value is -1.07. The second-order valence-electron chi connectivity index (χ2n) is 4.23. The van der Waals surface area contributed by atoms with Crippen molar-refractivity contribution in [3.63, 3.8) is 0 Å². The molecule has 0 heterocycles. The van der Waals surface area contributed by atoms with Crippen molar-refractivity contribution in [2.45, 2.75) is 19.1 Å². The van der Waals surface area contributed by atoms with E-state index >= 15 is 0 Å². The van der Waals surface area contributed by atoms with Gasteiger partial charge in [0.1, 0.15) is 6.10 Å². The van der Waals surface area contributed by atoms with E-state index in [2.05, 4.69) is 11.9 Å². The summed E-state index contributed by atoms with van der Waals surface area (Å²) in [7, 11) is 0. The fourth-order valence-electron chi connectivity index (χ4n) is 1.51. The molecule has 0 saturated carbocycles. The van der Waals surface area contributed by atoms with Gasteiger partial charge in [0.2, 0.25) is 5.91 Å². The van der Waals surface area contributed by atoms with Crippen LogP contribution in [0.15, 0.2) is 30.9 Å². The lowest BCUT2D eigenvalue weighted by Gasteiger charge is -2.16. The SMILES string of the molecule is C=CCO[C@H](C)C(=O)NC[C@@H](O)c1cc(Cl)cc(Cl)c1. The first-order chi connectivity index (χ1) is 9.43. The Bertz CT molecular complexity index is 459. The Balaban J connectivity index is 2.52. The lowest BCUT2D eigenvalue weighted by atomic mass is 10.1. The zero-order valence-corrected chi connectivity index (χ0v) is 12.6. The largest absolute Gasteiger partial charge is 0.387 e. The number of benzene rings is 1. The van der Waals surface area contributed by atoms with Crippen LogP contribution in [0.5, 0.6) is 0 Å². The first-order valence-corrected chi connectivity index (χ1v) is 6.84. The average molecular weight is 318 g/mol. The van der Waals surface area contributed by atoms with Crippen LogP contribution in [0.1, 0.15) is 18.6 Å². The Kier molecular flexibility index (Phi) is 7.02. The standard InChI is InChI=1S/C14H17Cl2NO3/c1-3-4-20-9(2)14(19)17-8-13(18)10-5-11(15)7-12(16)6-10/h3,5-7,9,13,18H,1,4,8H2,2H3,(H,17,19)/t9-,13-/m1/s1. The fourth-order valence-corrected chi connectivity index (χ4v) is 2.06. The number of rotatable bonds is 7. The van der Waals surface area contributed by atoms with Gasteiger partial charge in [-0.05, 0) is 30.7 Å². The van der Waals surface area contributed by atoms with E-state index in [-0.39, 0.29) is 12.5 Å². The minimum atomic E-state index is -0.887. The molecular formula is C14H17Cl2NO3. The lowest BCUT2D eigenvalue weighted by molar-refractivity contribution is -0.131. The van der Waals surface area contributed by atoms with Gasteiger partial charge in [-0.15, -0.1) is 6.58 Å². The third-order valence-corrected chi connectivity index (χ3v) is 3.01. The first kappa shape index (κ1) is 17.0. The Morgan fingerprint density at radius 3 is 2.60 bits per heavy atom. The number of aliphatic hydroxyl groups is 1. The molecule has 20 heavy (non-hydrogen) atoms. The molecule has 1 aromatic carbocycles. The highest BCUT2D eigenvalue weighted by molar-refractivity contribution is 6.34. The molecule has 0 aliphatic carbocycles. The van der Waals surface area contributed by atoms with Crippen molar-refractivity contribution >= 4 is 29.1 Å². The maximum Gasteiger partial charge on any atom is 0.248 e. The van der Waals surface area contributed by atoms with Crippen molar-refractivity contribution in [3.05, 3.63) is 46.5 Å². The van der Waals surface area contributed by atoms with Gasteiger partial charge in [-0.3, -0.25) is 4.79 Å². The molecule has 1 rings (SSSR count). The molecule has 0 aliphatic rings. The normalized spacial score (nSPS) is 13.6. The summed E-state index contributed by atoms with van der Waals surface area (Å²) in [5.74, 6) is -0.306. The van der Waals surface area contributed by atoms with Gasteiger partial charge < -0.3 is 15.2 Å². The maximum atomic E-state index is 11.7. The molecule has 110 valence electrons. The molecule has 0 radical (unpaired) electrons. The minimum Gasteiger partial charge on any atom is -0.387 e. The third kappa shape index (κ3) is 5.51. The van der Waals surface area contributed by atoms with Gasteiger partial charge in [-0.2, -0.15) is 0 Å². The van der Waals surface area contributed by atoms with Gasteiger partial charge in [0.05, 0.1) is 12.7 Å². The Morgan fingerprint density at radius 1 is 1.45 bits per heavy atom. The summed E-state index contributed by atoms with van der Waals surface area (Å²) in [5.41, 5.74) is 0.544. The Labute approximate surface area is 128 Å². The molecular weight excluding hydrogens is 301 g/mol. The minimum absolute atomic E-state index is 0.0529. The topological polar surface area (TPSA) is 58.6 Å². The van der Waals surface area contributed by atoms with Crippen LogP contribution in [0.4, 0.5) is 0 Å². The van der Waals surface area contributed by atoms with Crippen molar-refractivity contribution in [2.24, 2.45) is 0 Å². The number of nitrogens with one attached hydrogen (secondary N) is 1. The third-order valence-electron chi connectivity index (χ3n) is 2.57. The number of hydrogen-bond donors (Lipinski definition) is 2. The van der Waals surface area contributed by atoms with Gasteiger partial charge in [-0.25, -0.2) is 0 Å². The smallest absolute Gasteiger partial charge is 0.248 e. The monoisotopic (exact) mass is 317 g/mol. The number of aliphatic hydroxyl groups excluding tert-OH is 1. The van der Waals surface area contributed by atoms with Crippen LogP contribution in [0.25, 0.3) is 0 Å². The number of amides is 1. The summed E-state index contributed by atoms with van der Waals surface area (Å²) >= 11 is 11.7. The van der Waals surface area contributed by atoms with E-state index in [4.69, 9.17) is 27.9 Å². The van der Waals surface area contributed by atoms with Gasteiger partial charge in [0.25, 0.3) is 0 Å². The summed E-state index contributed by atoms with van der Waals surface area (Å²) in [6.45, 7) is 5.47. The van der Waals surface area contributed by atoms with Gasteiger partial charge >= 0.3 is 0 Å². The quantitative estimate of drug-likeness (QED) is 0.760. The zero-order chi connectivity index (χ0) is 15.1. The number of hydrogen-bond acceptors (Lipinski definition) is 3. The van der Waals surface area contributed by atoms with Crippen LogP contribution in [0, 0.1) is 0 Å². The Morgan fingerprint density at radius 2 is 2.05 bits per heavy atom. The van der Waals surface area contributed by atoms with E-state index in [0.717, 1.165) is 0 Å². The molecule has 2 N–H and O–H groups in total. The average Bonchev–Trinajstić information content (AvgIpc) is 2.40. The summed E-state index contributed by atoms with van der Waals surface area (Å²) in [4.78, 5) is 11.7. The van der Waals surface area contributed by atoms with Crippen LogP contribution in [-0.4, -0.2) is 30.3 Å². The molecule has 4 nitrogen and oxygen atoms in total. The highest BCUT2D eigenvalue weighted by Crippen LogP contribution is 2.23. The fraction of sp³-hybridized carbons (Fsp3) is 0.357. The van der Waals surface area contributed by atoms with Crippen LogP contribution in [0.2, 0.25) is 10.0 Å².